The maximum absolute atomic E-state index is 5.68. The SMILES string of the molecule is Cc1cc(-c2noc(CN)n2)ccc1OC(C)C. The van der Waals surface area contributed by atoms with Gasteiger partial charge in [-0.15, -0.1) is 0 Å². The van der Waals surface area contributed by atoms with E-state index in [0.29, 0.717) is 11.7 Å². The zero-order valence-corrected chi connectivity index (χ0v) is 10.8. The highest BCUT2D eigenvalue weighted by Crippen LogP contribution is 2.25. The van der Waals surface area contributed by atoms with Gasteiger partial charge in [0.15, 0.2) is 0 Å². The van der Waals surface area contributed by atoms with Crippen LogP contribution in [-0.4, -0.2) is 16.2 Å². The Morgan fingerprint density at radius 3 is 2.72 bits per heavy atom. The summed E-state index contributed by atoms with van der Waals surface area (Å²) >= 11 is 0. The minimum absolute atomic E-state index is 0.156. The second-order valence-electron chi connectivity index (χ2n) is 4.36. The van der Waals surface area contributed by atoms with E-state index in [9.17, 15) is 0 Å². The number of nitrogens with zero attached hydrogens (tertiary/aromatic N) is 2. The Morgan fingerprint density at radius 2 is 2.17 bits per heavy atom. The van der Waals surface area contributed by atoms with Gasteiger partial charge in [0.1, 0.15) is 5.75 Å². The van der Waals surface area contributed by atoms with Crippen LogP contribution in [0.4, 0.5) is 0 Å². The first-order valence-corrected chi connectivity index (χ1v) is 5.90. The number of hydrogen-bond acceptors (Lipinski definition) is 5. The highest BCUT2D eigenvalue weighted by Gasteiger charge is 2.10. The molecule has 0 aliphatic carbocycles. The van der Waals surface area contributed by atoms with E-state index in [0.717, 1.165) is 16.9 Å². The third-order valence-corrected chi connectivity index (χ3v) is 2.44. The molecule has 5 nitrogen and oxygen atoms in total. The Kier molecular flexibility index (Phi) is 3.62. The van der Waals surface area contributed by atoms with Gasteiger partial charge in [0.05, 0.1) is 12.6 Å². The van der Waals surface area contributed by atoms with Gasteiger partial charge in [-0.1, -0.05) is 5.16 Å². The molecule has 2 rings (SSSR count). The van der Waals surface area contributed by atoms with Gasteiger partial charge in [-0.05, 0) is 44.5 Å². The summed E-state index contributed by atoms with van der Waals surface area (Å²) in [6.45, 7) is 6.24. The molecule has 0 saturated carbocycles. The topological polar surface area (TPSA) is 74.2 Å². The predicted molar refractivity (Wildman–Crippen MR) is 68.1 cm³/mol. The number of benzene rings is 1. The summed E-state index contributed by atoms with van der Waals surface area (Å²) in [5.74, 6) is 1.86. The Labute approximate surface area is 106 Å². The maximum atomic E-state index is 5.68. The van der Waals surface area contributed by atoms with Crippen LogP contribution in [0.2, 0.25) is 0 Å². The van der Waals surface area contributed by atoms with Crippen LogP contribution >= 0.6 is 0 Å². The van der Waals surface area contributed by atoms with Crippen LogP contribution in [0.5, 0.6) is 5.75 Å². The Morgan fingerprint density at radius 1 is 1.39 bits per heavy atom. The average Bonchev–Trinajstić information content (AvgIpc) is 2.80. The molecule has 0 spiro atoms. The molecule has 18 heavy (non-hydrogen) atoms. The van der Waals surface area contributed by atoms with E-state index in [1.165, 1.54) is 0 Å². The molecule has 1 aromatic heterocycles. The summed E-state index contributed by atoms with van der Waals surface area (Å²) in [6.07, 6.45) is 0.156. The fourth-order valence-corrected chi connectivity index (χ4v) is 1.63. The number of aryl methyl sites for hydroxylation is 1. The number of nitrogens with two attached hydrogens (primary N) is 1. The smallest absolute Gasteiger partial charge is 0.240 e. The maximum Gasteiger partial charge on any atom is 0.240 e. The van der Waals surface area contributed by atoms with Gasteiger partial charge >= 0.3 is 0 Å². The summed E-state index contributed by atoms with van der Waals surface area (Å²) in [7, 11) is 0. The van der Waals surface area contributed by atoms with Crippen molar-refractivity contribution in [2.75, 3.05) is 0 Å². The monoisotopic (exact) mass is 247 g/mol. The highest BCUT2D eigenvalue weighted by molar-refractivity contribution is 5.58. The van der Waals surface area contributed by atoms with Crippen LogP contribution in [0.25, 0.3) is 11.4 Å². The average molecular weight is 247 g/mol. The van der Waals surface area contributed by atoms with Crippen molar-refractivity contribution in [2.45, 2.75) is 33.4 Å². The van der Waals surface area contributed by atoms with Crippen molar-refractivity contribution in [1.29, 1.82) is 0 Å². The lowest BCUT2D eigenvalue weighted by Gasteiger charge is -2.12. The molecule has 0 radical (unpaired) electrons. The lowest BCUT2D eigenvalue weighted by Crippen LogP contribution is -2.06. The quantitative estimate of drug-likeness (QED) is 0.897. The van der Waals surface area contributed by atoms with E-state index in [4.69, 9.17) is 15.0 Å². The Bertz CT molecular complexity index is 535. The molecule has 96 valence electrons. The van der Waals surface area contributed by atoms with Crippen LogP contribution in [-0.2, 0) is 6.54 Å². The minimum atomic E-state index is 0.156. The molecule has 0 atom stereocenters. The van der Waals surface area contributed by atoms with Gasteiger partial charge in [-0.2, -0.15) is 4.98 Å². The Balaban J connectivity index is 2.28. The van der Waals surface area contributed by atoms with Crippen molar-refractivity contribution < 1.29 is 9.26 Å². The summed E-state index contributed by atoms with van der Waals surface area (Å²) in [5.41, 5.74) is 7.37. The van der Waals surface area contributed by atoms with Crippen molar-refractivity contribution in [3.05, 3.63) is 29.7 Å². The highest BCUT2D eigenvalue weighted by atomic mass is 16.5. The number of aromatic nitrogens is 2. The predicted octanol–water partition coefficient (Wildman–Crippen LogP) is 2.29. The van der Waals surface area contributed by atoms with Crippen molar-refractivity contribution in [2.24, 2.45) is 5.73 Å². The molecule has 0 fully saturated rings. The molecule has 0 aliphatic heterocycles. The van der Waals surface area contributed by atoms with Crippen molar-refractivity contribution >= 4 is 0 Å². The molecule has 0 saturated heterocycles. The lowest BCUT2D eigenvalue weighted by molar-refractivity contribution is 0.241. The summed E-state index contributed by atoms with van der Waals surface area (Å²) < 4.78 is 10.7. The van der Waals surface area contributed by atoms with E-state index in [1.54, 1.807) is 0 Å². The van der Waals surface area contributed by atoms with Crippen molar-refractivity contribution in [1.82, 2.24) is 10.1 Å². The number of rotatable bonds is 4. The number of hydrogen-bond donors (Lipinski definition) is 1. The molecule has 0 amide bonds. The van der Waals surface area contributed by atoms with Crippen LogP contribution in [0.15, 0.2) is 22.7 Å². The van der Waals surface area contributed by atoms with Gasteiger partial charge in [-0.3, -0.25) is 0 Å². The third kappa shape index (κ3) is 2.68. The zero-order chi connectivity index (χ0) is 13.1. The second kappa shape index (κ2) is 5.18. The molecule has 1 heterocycles. The number of ether oxygens (including phenoxy) is 1. The van der Waals surface area contributed by atoms with E-state index in [-0.39, 0.29) is 12.6 Å². The molecule has 0 bridgehead atoms. The van der Waals surface area contributed by atoms with Crippen LogP contribution in [0.1, 0.15) is 25.3 Å². The molecular weight excluding hydrogens is 230 g/mol. The van der Waals surface area contributed by atoms with Gasteiger partial charge in [0.2, 0.25) is 11.7 Å². The van der Waals surface area contributed by atoms with Crippen LogP contribution < -0.4 is 10.5 Å². The second-order valence-corrected chi connectivity index (χ2v) is 4.36. The van der Waals surface area contributed by atoms with Gasteiger partial charge < -0.3 is 15.0 Å². The first-order valence-electron chi connectivity index (χ1n) is 5.90. The van der Waals surface area contributed by atoms with Crippen molar-refractivity contribution in [3.63, 3.8) is 0 Å². The molecule has 0 unspecified atom stereocenters. The van der Waals surface area contributed by atoms with Gasteiger partial charge in [0, 0.05) is 5.56 Å². The summed E-state index contributed by atoms with van der Waals surface area (Å²) in [6, 6.07) is 5.81. The fourth-order valence-electron chi connectivity index (χ4n) is 1.63. The first-order chi connectivity index (χ1) is 8.60. The van der Waals surface area contributed by atoms with E-state index < -0.39 is 0 Å². The molecule has 5 heteroatoms. The molecule has 1 aromatic carbocycles. The third-order valence-electron chi connectivity index (χ3n) is 2.44. The zero-order valence-electron chi connectivity index (χ0n) is 10.8. The summed E-state index contributed by atoms with van der Waals surface area (Å²) in [5, 5.41) is 3.88. The van der Waals surface area contributed by atoms with Gasteiger partial charge in [-0.25, -0.2) is 0 Å². The van der Waals surface area contributed by atoms with Crippen LogP contribution in [0.3, 0.4) is 0 Å². The molecule has 2 aromatic rings. The van der Waals surface area contributed by atoms with E-state index in [2.05, 4.69) is 10.1 Å². The van der Waals surface area contributed by atoms with E-state index in [1.807, 2.05) is 39.0 Å². The minimum Gasteiger partial charge on any atom is -0.491 e. The van der Waals surface area contributed by atoms with E-state index >= 15 is 0 Å². The molecule has 2 N–H and O–H groups in total. The van der Waals surface area contributed by atoms with Crippen molar-refractivity contribution in [3.8, 4) is 17.1 Å². The van der Waals surface area contributed by atoms with Crippen LogP contribution in [0, 0.1) is 6.92 Å². The summed E-state index contributed by atoms with van der Waals surface area (Å²) in [4.78, 5) is 4.19. The molecule has 0 aliphatic rings. The normalized spacial score (nSPS) is 10.9. The van der Waals surface area contributed by atoms with Gasteiger partial charge in [0.25, 0.3) is 0 Å². The lowest BCUT2D eigenvalue weighted by atomic mass is 10.1. The molecular formula is C13H17N3O2. The largest absolute Gasteiger partial charge is 0.491 e. The standard InChI is InChI=1S/C13H17N3O2/c1-8(2)17-11-5-4-10(6-9(11)3)13-15-12(7-14)18-16-13/h4-6,8H,7,14H2,1-3H3. The first kappa shape index (κ1) is 12.6. The Hall–Kier alpha value is -1.88. The fraction of sp³-hybridized carbons (Fsp3) is 0.385.